The predicted molar refractivity (Wildman–Crippen MR) is 96.1 cm³/mol. The van der Waals surface area contributed by atoms with Crippen molar-refractivity contribution in [3.63, 3.8) is 0 Å². The van der Waals surface area contributed by atoms with Crippen LogP contribution in [0.5, 0.6) is 0 Å². The minimum absolute atomic E-state index is 0.0110. The molecule has 2 aromatic heterocycles. The number of aryl methyl sites for hydroxylation is 2. The van der Waals surface area contributed by atoms with Gasteiger partial charge in [0.15, 0.2) is 5.16 Å². The fourth-order valence-electron chi connectivity index (χ4n) is 2.44. The van der Waals surface area contributed by atoms with Crippen molar-refractivity contribution in [3.8, 4) is 0 Å². The Hall–Kier alpha value is -2.33. The molecule has 2 heterocycles. The number of aromatic nitrogens is 4. The maximum atomic E-state index is 12.9. The molecular weight excluding hydrogens is 403 g/mol. The van der Waals surface area contributed by atoms with Gasteiger partial charge >= 0.3 is 6.18 Å². The summed E-state index contributed by atoms with van der Waals surface area (Å²) in [6, 6.07) is 5.06. The number of halogens is 4. The number of alkyl halides is 3. The van der Waals surface area contributed by atoms with Crippen LogP contribution >= 0.6 is 23.4 Å². The lowest BCUT2D eigenvalue weighted by molar-refractivity contribution is -0.137. The molecule has 1 aromatic carbocycles. The van der Waals surface area contributed by atoms with Crippen LogP contribution in [0.3, 0.4) is 0 Å². The van der Waals surface area contributed by atoms with Gasteiger partial charge in [0.05, 0.1) is 16.3 Å². The molecule has 0 saturated carbocycles. The molecule has 0 aliphatic heterocycles. The highest BCUT2D eigenvalue weighted by molar-refractivity contribution is 7.99. The molecule has 0 bridgehead atoms. The molecule has 1 N–H and O–H groups in total. The molecule has 0 fully saturated rings. The van der Waals surface area contributed by atoms with Crippen LogP contribution in [-0.4, -0.2) is 31.2 Å². The molecule has 0 saturated heterocycles. The third kappa shape index (κ3) is 4.33. The van der Waals surface area contributed by atoms with Gasteiger partial charge in [-0.2, -0.15) is 13.2 Å². The smallest absolute Gasteiger partial charge is 0.325 e. The quantitative estimate of drug-likeness (QED) is 0.648. The van der Waals surface area contributed by atoms with Crippen molar-refractivity contribution in [1.29, 1.82) is 0 Å². The van der Waals surface area contributed by atoms with Gasteiger partial charge in [-0.25, -0.2) is 4.98 Å². The molecule has 0 spiro atoms. The van der Waals surface area contributed by atoms with Gasteiger partial charge in [-0.1, -0.05) is 23.4 Å². The van der Waals surface area contributed by atoms with Crippen LogP contribution in [0, 0.1) is 13.8 Å². The molecule has 1 amide bonds. The van der Waals surface area contributed by atoms with E-state index in [2.05, 4.69) is 20.5 Å². The predicted octanol–water partition coefficient (Wildman–Crippen LogP) is 4.14. The summed E-state index contributed by atoms with van der Waals surface area (Å²) < 4.78 is 40.4. The summed E-state index contributed by atoms with van der Waals surface area (Å²) in [7, 11) is 0. The summed E-state index contributed by atoms with van der Waals surface area (Å²) in [5, 5.41) is 10.4. The van der Waals surface area contributed by atoms with Gasteiger partial charge in [0, 0.05) is 17.1 Å². The molecule has 6 nitrogen and oxygen atoms in total. The highest BCUT2D eigenvalue weighted by Crippen LogP contribution is 2.36. The topological polar surface area (TPSA) is 72.2 Å². The number of amides is 1. The maximum absolute atomic E-state index is 12.9. The average molecular weight is 416 g/mol. The van der Waals surface area contributed by atoms with Gasteiger partial charge in [0.1, 0.15) is 0 Å². The van der Waals surface area contributed by atoms with Gasteiger partial charge in [-0.3, -0.25) is 9.20 Å². The van der Waals surface area contributed by atoms with E-state index in [9.17, 15) is 18.0 Å². The Kier molecular flexibility index (Phi) is 5.29. The lowest BCUT2D eigenvalue weighted by Gasteiger charge is -2.11. The third-order valence-corrected chi connectivity index (χ3v) is 4.81. The van der Waals surface area contributed by atoms with Crippen molar-refractivity contribution in [2.45, 2.75) is 25.2 Å². The minimum Gasteiger partial charge on any atom is -0.325 e. The molecule has 142 valence electrons. The van der Waals surface area contributed by atoms with Crippen molar-refractivity contribution in [3.05, 3.63) is 46.2 Å². The van der Waals surface area contributed by atoms with Crippen molar-refractivity contribution in [1.82, 2.24) is 19.6 Å². The van der Waals surface area contributed by atoms with Crippen LogP contribution in [0.15, 0.2) is 29.4 Å². The first-order valence-electron chi connectivity index (χ1n) is 7.64. The number of thioether (sulfide) groups is 1. The number of hydrogen-bond acceptors (Lipinski definition) is 5. The molecule has 11 heteroatoms. The molecule has 0 atom stereocenters. The van der Waals surface area contributed by atoms with Crippen molar-refractivity contribution in [2.75, 3.05) is 11.1 Å². The van der Waals surface area contributed by atoms with Crippen molar-refractivity contribution < 1.29 is 18.0 Å². The van der Waals surface area contributed by atoms with Crippen LogP contribution in [0.2, 0.25) is 5.02 Å². The minimum atomic E-state index is -4.60. The third-order valence-electron chi connectivity index (χ3n) is 3.55. The van der Waals surface area contributed by atoms with Crippen LogP contribution in [0.25, 0.3) is 5.78 Å². The number of carbonyl (C=O) groups is 1. The summed E-state index contributed by atoms with van der Waals surface area (Å²) in [5.41, 5.74) is 0.662. The Bertz CT molecular complexity index is 1020. The summed E-state index contributed by atoms with van der Waals surface area (Å²) >= 11 is 6.67. The second kappa shape index (κ2) is 7.35. The van der Waals surface area contributed by atoms with Gasteiger partial charge in [0.2, 0.25) is 5.91 Å². The number of anilines is 1. The fraction of sp³-hybridized carbons (Fsp3) is 0.250. The largest absolute Gasteiger partial charge is 0.417 e. The highest BCUT2D eigenvalue weighted by Gasteiger charge is 2.33. The standard InChI is InChI=1S/C16H13ClF3N5OS/c1-8-5-9(2)25-14(21-8)23-24-15(25)27-7-13(26)22-10-3-4-12(17)11(6-10)16(18,19)20/h3-6H,7H2,1-2H3,(H,22,26). The second-order valence-corrected chi connectivity index (χ2v) is 7.04. The van der Waals surface area contributed by atoms with Gasteiger partial charge < -0.3 is 5.32 Å². The summed E-state index contributed by atoms with van der Waals surface area (Å²) in [4.78, 5) is 16.4. The van der Waals surface area contributed by atoms with E-state index in [4.69, 9.17) is 11.6 Å². The SMILES string of the molecule is Cc1cc(C)n2c(SCC(=O)Nc3ccc(Cl)c(C(F)(F)F)c3)nnc2n1. The molecular formula is C16H13ClF3N5OS. The number of fused-ring (bicyclic) bond motifs is 1. The zero-order valence-corrected chi connectivity index (χ0v) is 15.7. The molecule has 0 aliphatic carbocycles. The van der Waals surface area contributed by atoms with Crippen LogP contribution in [0.1, 0.15) is 17.0 Å². The summed E-state index contributed by atoms with van der Waals surface area (Å²) in [5.74, 6) is -0.120. The van der Waals surface area contributed by atoms with Crippen molar-refractivity contribution >= 4 is 40.7 Å². The van der Waals surface area contributed by atoms with E-state index in [1.807, 2.05) is 19.9 Å². The van der Waals surface area contributed by atoms with Gasteiger partial charge in [-0.05, 0) is 38.1 Å². The maximum Gasteiger partial charge on any atom is 0.417 e. The van der Waals surface area contributed by atoms with Crippen LogP contribution < -0.4 is 5.32 Å². The molecule has 0 unspecified atom stereocenters. The lowest BCUT2D eigenvalue weighted by atomic mass is 10.2. The van der Waals surface area contributed by atoms with Gasteiger partial charge in [0.25, 0.3) is 5.78 Å². The number of benzene rings is 1. The number of hydrogen-bond donors (Lipinski definition) is 1. The Morgan fingerprint density at radius 2 is 2.00 bits per heavy atom. The Balaban J connectivity index is 1.71. The lowest BCUT2D eigenvalue weighted by Crippen LogP contribution is -2.15. The zero-order chi connectivity index (χ0) is 19.8. The van der Waals surface area contributed by atoms with E-state index >= 15 is 0 Å². The Morgan fingerprint density at radius 3 is 2.70 bits per heavy atom. The summed E-state index contributed by atoms with van der Waals surface area (Å²) in [6.07, 6.45) is -4.60. The molecule has 0 aliphatic rings. The summed E-state index contributed by atoms with van der Waals surface area (Å²) in [6.45, 7) is 3.70. The molecule has 3 rings (SSSR count). The zero-order valence-electron chi connectivity index (χ0n) is 14.1. The second-order valence-electron chi connectivity index (χ2n) is 5.69. The number of rotatable bonds is 4. The van der Waals surface area contributed by atoms with E-state index in [1.165, 1.54) is 6.07 Å². The monoisotopic (exact) mass is 415 g/mol. The first kappa shape index (κ1) is 19.4. The van der Waals surface area contributed by atoms with Crippen LogP contribution in [-0.2, 0) is 11.0 Å². The fourth-order valence-corrected chi connectivity index (χ4v) is 3.45. The first-order valence-corrected chi connectivity index (χ1v) is 9.00. The van der Waals surface area contributed by atoms with E-state index in [1.54, 1.807) is 4.40 Å². The number of nitrogens with zero attached hydrogens (tertiary/aromatic N) is 4. The van der Waals surface area contributed by atoms with Gasteiger partial charge in [-0.15, -0.1) is 10.2 Å². The Morgan fingerprint density at radius 1 is 1.26 bits per heavy atom. The average Bonchev–Trinajstić information content (AvgIpc) is 2.97. The van der Waals surface area contributed by atoms with E-state index in [-0.39, 0.29) is 11.4 Å². The van der Waals surface area contributed by atoms with E-state index in [0.717, 1.165) is 35.3 Å². The Labute approximate surface area is 161 Å². The van der Waals surface area contributed by atoms with Crippen LogP contribution in [0.4, 0.5) is 18.9 Å². The van der Waals surface area contributed by atoms with E-state index < -0.39 is 22.7 Å². The van der Waals surface area contributed by atoms with E-state index in [0.29, 0.717) is 10.9 Å². The molecule has 27 heavy (non-hydrogen) atoms. The van der Waals surface area contributed by atoms with Crippen molar-refractivity contribution in [2.24, 2.45) is 0 Å². The normalized spacial score (nSPS) is 11.8. The number of carbonyl (C=O) groups excluding carboxylic acids is 1. The highest BCUT2D eigenvalue weighted by atomic mass is 35.5. The first-order chi connectivity index (χ1) is 12.6. The molecule has 3 aromatic rings. The molecule has 0 radical (unpaired) electrons. The number of nitrogens with one attached hydrogen (secondary N) is 1.